The van der Waals surface area contributed by atoms with Crippen molar-refractivity contribution in [1.29, 1.82) is 0 Å². The van der Waals surface area contributed by atoms with Crippen LogP contribution >= 0.6 is 22.7 Å². The van der Waals surface area contributed by atoms with Crippen LogP contribution in [0.3, 0.4) is 0 Å². The van der Waals surface area contributed by atoms with E-state index in [2.05, 4.69) is 108 Å². The summed E-state index contributed by atoms with van der Waals surface area (Å²) in [6, 6.07) is 31.6. The first-order valence-corrected chi connectivity index (χ1v) is 13.5. The highest BCUT2D eigenvalue weighted by Gasteiger charge is 2.19. The van der Waals surface area contributed by atoms with Gasteiger partial charge in [0.15, 0.2) is 0 Å². The highest BCUT2D eigenvalue weighted by molar-refractivity contribution is 7.14. The quantitative estimate of drug-likeness (QED) is 0.240. The smallest absolute Gasteiger partial charge is 0.100 e. The molecule has 7 aromatic rings. The number of rotatable bonds is 4. The molecule has 0 fully saturated rings. The third-order valence-electron chi connectivity index (χ3n) is 6.90. The summed E-state index contributed by atoms with van der Waals surface area (Å²) in [5.41, 5.74) is 5.10. The number of benzene rings is 3. The lowest BCUT2D eigenvalue weighted by atomic mass is 10.1. The summed E-state index contributed by atoms with van der Waals surface area (Å²) in [5, 5.41) is 7.82. The molecule has 0 aliphatic rings. The Morgan fingerprint density at radius 1 is 0.500 bits per heavy atom. The molecule has 0 aliphatic carbocycles. The molecule has 3 aromatic carbocycles. The van der Waals surface area contributed by atoms with Crippen molar-refractivity contribution in [3.8, 4) is 10.0 Å². The van der Waals surface area contributed by atoms with E-state index in [-0.39, 0.29) is 0 Å². The van der Waals surface area contributed by atoms with E-state index in [1.807, 2.05) is 22.7 Å². The van der Waals surface area contributed by atoms with Crippen molar-refractivity contribution in [2.75, 3.05) is 0 Å². The van der Waals surface area contributed by atoms with E-state index in [4.69, 9.17) is 0 Å². The standard InChI is InChI=1S/C30H24N2S2/c1-3-19-13-15-29(33-19)31-25-11-7-5-9-21(25)23-18-28-24(17-27(23)31)22-10-6-8-12-26(22)32(28)30-16-14-20(4-2)34-30/h5-18H,3-4H2,1-2H3. The molecule has 166 valence electrons. The van der Waals surface area contributed by atoms with Crippen molar-refractivity contribution in [1.82, 2.24) is 9.13 Å². The van der Waals surface area contributed by atoms with Crippen LogP contribution in [0, 0.1) is 0 Å². The third kappa shape index (κ3) is 2.79. The Morgan fingerprint density at radius 3 is 1.35 bits per heavy atom. The van der Waals surface area contributed by atoms with E-state index in [0.717, 1.165) is 12.8 Å². The second-order valence-corrected chi connectivity index (χ2v) is 11.1. The van der Waals surface area contributed by atoms with E-state index in [0.29, 0.717) is 0 Å². The summed E-state index contributed by atoms with van der Waals surface area (Å²) in [5.74, 6) is 0. The molecule has 0 atom stereocenters. The molecule has 0 radical (unpaired) electrons. The van der Waals surface area contributed by atoms with Crippen LogP contribution in [0.5, 0.6) is 0 Å². The maximum Gasteiger partial charge on any atom is 0.100 e. The second-order valence-electron chi connectivity index (χ2n) is 8.78. The van der Waals surface area contributed by atoms with Gasteiger partial charge < -0.3 is 9.13 Å². The van der Waals surface area contributed by atoms with E-state index in [9.17, 15) is 0 Å². The zero-order valence-corrected chi connectivity index (χ0v) is 20.8. The maximum absolute atomic E-state index is 2.46. The molecule has 0 amide bonds. The van der Waals surface area contributed by atoms with Gasteiger partial charge >= 0.3 is 0 Å². The van der Waals surface area contributed by atoms with Gasteiger partial charge in [-0.05, 0) is 61.4 Å². The van der Waals surface area contributed by atoms with Gasteiger partial charge in [0.25, 0.3) is 0 Å². The molecular formula is C30H24N2S2. The Hall–Kier alpha value is -3.34. The van der Waals surface area contributed by atoms with Crippen LogP contribution in [-0.4, -0.2) is 9.13 Å². The molecule has 7 rings (SSSR count). The summed E-state index contributed by atoms with van der Waals surface area (Å²) < 4.78 is 4.92. The monoisotopic (exact) mass is 476 g/mol. The van der Waals surface area contributed by atoms with E-state index < -0.39 is 0 Å². The number of hydrogen-bond donors (Lipinski definition) is 0. The summed E-state index contributed by atoms with van der Waals surface area (Å²) in [7, 11) is 0. The zero-order valence-electron chi connectivity index (χ0n) is 19.2. The summed E-state index contributed by atoms with van der Waals surface area (Å²) in [6.07, 6.45) is 2.14. The molecule has 4 aromatic heterocycles. The lowest BCUT2D eigenvalue weighted by Crippen LogP contribution is -1.91. The second kappa shape index (κ2) is 7.59. The first-order chi connectivity index (χ1) is 16.8. The van der Waals surface area contributed by atoms with Crippen LogP contribution < -0.4 is 0 Å². The number of fused-ring (bicyclic) bond motifs is 6. The van der Waals surface area contributed by atoms with Crippen molar-refractivity contribution in [2.24, 2.45) is 0 Å². The predicted octanol–water partition coefficient (Wildman–Crippen LogP) is 9.13. The summed E-state index contributed by atoms with van der Waals surface area (Å²) in [6.45, 7) is 4.46. The Kier molecular flexibility index (Phi) is 4.48. The molecule has 4 heteroatoms. The summed E-state index contributed by atoms with van der Waals surface area (Å²) in [4.78, 5) is 2.84. The van der Waals surface area contributed by atoms with Gasteiger partial charge in [-0.3, -0.25) is 0 Å². The van der Waals surface area contributed by atoms with E-state index in [1.165, 1.54) is 63.4 Å². The molecule has 2 nitrogen and oxygen atoms in total. The van der Waals surface area contributed by atoms with E-state index >= 15 is 0 Å². The summed E-state index contributed by atoms with van der Waals surface area (Å²) >= 11 is 3.79. The first kappa shape index (κ1) is 20.1. The van der Waals surface area contributed by atoms with Gasteiger partial charge in [0.1, 0.15) is 10.0 Å². The van der Waals surface area contributed by atoms with Crippen LogP contribution in [0.15, 0.2) is 84.9 Å². The number of aromatic nitrogens is 2. The third-order valence-corrected chi connectivity index (χ3v) is 9.33. The van der Waals surface area contributed by atoms with Crippen molar-refractivity contribution in [2.45, 2.75) is 26.7 Å². The van der Waals surface area contributed by atoms with Crippen molar-refractivity contribution >= 4 is 66.3 Å². The molecule has 34 heavy (non-hydrogen) atoms. The van der Waals surface area contributed by atoms with Crippen molar-refractivity contribution < 1.29 is 0 Å². The molecule has 0 spiro atoms. The van der Waals surface area contributed by atoms with Gasteiger partial charge in [-0.2, -0.15) is 0 Å². The minimum atomic E-state index is 1.07. The first-order valence-electron chi connectivity index (χ1n) is 11.9. The minimum absolute atomic E-state index is 1.07. The number of aryl methyl sites for hydroxylation is 2. The van der Waals surface area contributed by atoms with Crippen LogP contribution in [0.4, 0.5) is 0 Å². The Labute approximate surface area is 206 Å². The molecule has 0 saturated heterocycles. The fourth-order valence-electron chi connectivity index (χ4n) is 5.26. The van der Waals surface area contributed by atoms with Crippen molar-refractivity contribution in [3.63, 3.8) is 0 Å². The molecule has 0 bridgehead atoms. The van der Waals surface area contributed by atoms with Gasteiger partial charge in [0, 0.05) is 31.3 Å². The van der Waals surface area contributed by atoms with Gasteiger partial charge in [-0.1, -0.05) is 50.2 Å². The molecule has 0 N–H and O–H groups in total. The average Bonchev–Trinajstić information content (AvgIpc) is 3.65. The Balaban J connectivity index is 1.64. The van der Waals surface area contributed by atoms with E-state index in [1.54, 1.807) is 0 Å². The van der Waals surface area contributed by atoms with Gasteiger partial charge in [-0.25, -0.2) is 0 Å². The molecular weight excluding hydrogens is 452 g/mol. The molecule has 0 saturated carbocycles. The normalized spacial score (nSPS) is 12.1. The lowest BCUT2D eigenvalue weighted by molar-refractivity contribution is 1.19. The van der Waals surface area contributed by atoms with Gasteiger partial charge in [-0.15, -0.1) is 22.7 Å². The fourth-order valence-corrected chi connectivity index (χ4v) is 7.21. The lowest BCUT2D eigenvalue weighted by Gasteiger charge is -2.06. The largest absolute Gasteiger partial charge is 0.301 e. The van der Waals surface area contributed by atoms with Crippen LogP contribution in [0.1, 0.15) is 23.6 Å². The SMILES string of the molecule is CCc1ccc(-n2c3ccccc3c3cc4c(cc32)c2ccccc2n4-c2ccc(CC)s2)s1. The Bertz CT molecular complexity index is 1700. The predicted molar refractivity (Wildman–Crippen MR) is 150 cm³/mol. The maximum atomic E-state index is 2.46. The zero-order chi connectivity index (χ0) is 22.8. The van der Waals surface area contributed by atoms with Crippen LogP contribution in [-0.2, 0) is 12.8 Å². The number of hydrogen-bond acceptors (Lipinski definition) is 2. The van der Waals surface area contributed by atoms with Crippen LogP contribution in [0.2, 0.25) is 0 Å². The molecule has 4 heterocycles. The van der Waals surface area contributed by atoms with Crippen molar-refractivity contribution in [3.05, 3.63) is 94.7 Å². The Morgan fingerprint density at radius 2 is 0.941 bits per heavy atom. The topological polar surface area (TPSA) is 9.86 Å². The highest BCUT2D eigenvalue weighted by Crippen LogP contribution is 2.41. The minimum Gasteiger partial charge on any atom is -0.301 e. The van der Waals surface area contributed by atoms with Gasteiger partial charge in [0.2, 0.25) is 0 Å². The average molecular weight is 477 g/mol. The number of nitrogens with zero attached hydrogens (tertiary/aromatic N) is 2. The number of thiophene rings is 2. The van der Waals surface area contributed by atoms with Gasteiger partial charge in [0.05, 0.1) is 22.1 Å². The van der Waals surface area contributed by atoms with Crippen LogP contribution in [0.25, 0.3) is 53.6 Å². The highest BCUT2D eigenvalue weighted by atomic mass is 32.1. The number of para-hydroxylation sites is 2. The molecule has 0 aliphatic heterocycles. The molecule has 0 unspecified atom stereocenters. The fraction of sp³-hybridized carbons (Fsp3) is 0.133.